The molecular formula is C17H25ClN2O. The molecule has 1 aliphatic heterocycles. The summed E-state index contributed by atoms with van der Waals surface area (Å²) in [5, 5.41) is 11.1. The molecule has 116 valence electrons. The monoisotopic (exact) mass is 308 g/mol. The van der Waals surface area contributed by atoms with Crippen LogP contribution in [0.4, 0.5) is 0 Å². The molecule has 1 atom stereocenters. The van der Waals surface area contributed by atoms with Gasteiger partial charge in [0.25, 0.3) is 0 Å². The van der Waals surface area contributed by atoms with E-state index in [-0.39, 0.29) is 0 Å². The second-order valence-electron chi connectivity index (χ2n) is 6.31. The molecule has 2 aliphatic rings. The van der Waals surface area contributed by atoms with Crippen molar-refractivity contribution >= 4 is 11.6 Å². The average Bonchev–Trinajstić information content (AvgIpc) is 3.02. The predicted octanol–water partition coefficient (Wildman–Crippen LogP) is 2.93. The second-order valence-corrected chi connectivity index (χ2v) is 6.72. The molecule has 0 aromatic heterocycles. The normalized spacial score (nSPS) is 23.5. The van der Waals surface area contributed by atoms with E-state index < -0.39 is 6.10 Å². The molecule has 1 aliphatic carbocycles. The first-order valence-corrected chi connectivity index (χ1v) is 8.51. The van der Waals surface area contributed by atoms with Gasteiger partial charge in [0.1, 0.15) is 0 Å². The molecule has 2 fully saturated rings. The van der Waals surface area contributed by atoms with Crippen LogP contribution in [0.2, 0.25) is 5.02 Å². The molecule has 1 heterocycles. The van der Waals surface area contributed by atoms with Gasteiger partial charge in [-0.15, -0.1) is 0 Å². The first kappa shape index (κ1) is 15.3. The number of nitrogens with zero attached hydrogens (tertiary/aromatic N) is 2. The van der Waals surface area contributed by atoms with E-state index in [0.717, 1.165) is 37.8 Å². The minimum Gasteiger partial charge on any atom is -0.387 e. The van der Waals surface area contributed by atoms with Gasteiger partial charge in [0, 0.05) is 49.4 Å². The summed E-state index contributed by atoms with van der Waals surface area (Å²) < 4.78 is 0. The van der Waals surface area contributed by atoms with Crippen LogP contribution >= 0.6 is 11.6 Å². The summed E-state index contributed by atoms with van der Waals surface area (Å²) in [5.41, 5.74) is 0.845. The van der Waals surface area contributed by atoms with Crippen molar-refractivity contribution in [2.45, 2.75) is 37.8 Å². The molecule has 1 aromatic carbocycles. The number of halogens is 1. The summed E-state index contributed by atoms with van der Waals surface area (Å²) >= 11 is 6.16. The minimum atomic E-state index is -0.489. The van der Waals surface area contributed by atoms with Gasteiger partial charge in [0.15, 0.2) is 0 Å². The van der Waals surface area contributed by atoms with Crippen LogP contribution in [0.25, 0.3) is 0 Å². The third-order valence-electron chi connectivity index (χ3n) is 4.94. The van der Waals surface area contributed by atoms with Gasteiger partial charge >= 0.3 is 0 Å². The van der Waals surface area contributed by atoms with Gasteiger partial charge in [-0.25, -0.2) is 0 Å². The Bertz CT molecular complexity index is 454. The zero-order chi connectivity index (χ0) is 14.7. The van der Waals surface area contributed by atoms with Crippen molar-refractivity contribution in [2.24, 2.45) is 0 Å². The van der Waals surface area contributed by atoms with Gasteiger partial charge < -0.3 is 5.11 Å². The van der Waals surface area contributed by atoms with Gasteiger partial charge in [-0.1, -0.05) is 42.6 Å². The molecule has 3 nitrogen and oxygen atoms in total. The van der Waals surface area contributed by atoms with Crippen molar-refractivity contribution in [1.82, 2.24) is 9.80 Å². The van der Waals surface area contributed by atoms with Gasteiger partial charge in [-0.05, 0) is 18.9 Å². The maximum Gasteiger partial charge on any atom is 0.0931 e. The Morgan fingerprint density at radius 2 is 1.76 bits per heavy atom. The summed E-state index contributed by atoms with van der Waals surface area (Å²) in [4.78, 5) is 5.00. The van der Waals surface area contributed by atoms with Crippen molar-refractivity contribution in [3.05, 3.63) is 34.9 Å². The predicted molar refractivity (Wildman–Crippen MR) is 86.7 cm³/mol. The fourth-order valence-electron chi connectivity index (χ4n) is 3.67. The highest BCUT2D eigenvalue weighted by Gasteiger charge is 2.27. The Hall–Kier alpha value is -0.610. The molecule has 0 radical (unpaired) electrons. The Morgan fingerprint density at radius 1 is 1.10 bits per heavy atom. The number of benzene rings is 1. The van der Waals surface area contributed by atoms with Gasteiger partial charge in [0.2, 0.25) is 0 Å². The molecule has 0 bridgehead atoms. The SMILES string of the molecule is OC(CN1CCN(C2CCCC2)CC1)c1ccccc1Cl. The molecule has 1 saturated heterocycles. The summed E-state index contributed by atoms with van der Waals surface area (Å²) in [6.45, 7) is 5.07. The highest BCUT2D eigenvalue weighted by molar-refractivity contribution is 6.31. The first-order chi connectivity index (χ1) is 10.2. The molecule has 1 unspecified atom stereocenters. The van der Waals surface area contributed by atoms with E-state index in [4.69, 9.17) is 11.6 Å². The van der Waals surface area contributed by atoms with Crippen LogP contribution in [-0.4, -0.2) is 53.7 Å². The van der Waals surface area contributed by atoms with E-state index in [2.05, 4.69) is 9.80 Å². The van der Waals surface area contributed by atoms with E-state index >= 15 is 0 Å². The molecule has 0 spiro atoms. The molecule has 3 rings (SSSR count). The average molecular weight is 309 g/mol. The molecule has 0 amide bonds. The van der Waals surface area contributed by atoms with Crippen molar-refractivity contribution in [3.63, 3.8) is 0 Å². The van der Waals surface area contributed by atoms with Crippen molar-refractivity contribution in [2.75, 3.05) is 32.7 Å². The lowest BCUT2D eigenvalue weighted by atomic mass is 10.1. The van der Waals surface area contributed by atoms with Crippen molar-refractivity contribution in [3.8, 4) is 0 Å². The Balaban J connectivity index is 1.50. The lowest BCUT2D eigenvalue weighted by molar-refractivity contribution is 0.0571. The van der Waals surface area contributed by atoms with Gasteiger partial charge in [0.05, 0.1) is 6.10 Å². The Labute approximate surface area is 132 Å². The van der Waals surface area contributed by atoms with E-state index in [1.807, 2.05) is 24.3 Å². The Morgan fingerprint density at radius 3 is 2.43 bits per heavy atom. The van der Waals surface area contributed by atoms with Crippen LogP contribution in [-0.2, 0) is 0 Å². The second kappa shape index (κ2) is 7.10. The van der Waals surface area contributed by atoms with Crippen LogP contribution in [0.3, 0.4) is 0 Å². The van der Waals surface area contributed by atoms with Gasteiger partial charge in [-0.3, -0.25) is 9.80 Å². The number of aliphatic hydroxyl groups excluding tert-OH is 1. The zero-order valence-corrected chi connectivity index (χ0v) is 13.3. The first-order valence-electron chi connectivity index (χ1n) is 8.13. The quantitative estimate of drug-likeness (QED) is 0.926. The maximum atomic E-state index is 10.4. The highest BCUT2D eigenvalue weighted by Crippen LogP contribution is 2.26. The van der Waals surface area contributed by atoms with E-state index in [0.29, 0.717) is 11.6 Å². The lowest BCUT2D eigenvalue weighted by Crippen LogP contribution is -2.50. The number of hydrogen-bond acceptors (Lipinski definition) is 3. The van der Waals surface area contributed by atoms with Crippen molar-refractivity contribution in [1.29, 1.82) is 0 Å². The molecule has 21 heavy (non-hydrogen) atoms. The molecule has 1 N–H and O–H groups in total. The van der Waals surface area contributed by atoms with Crippen LogP contribution in [0, 0.1) is 0 Å². The van der Waals surface area contributed by atoms with Crippen LogP contribution in [0.1, 0.15) is 37.4 Å². The smallest absolute Gasteiger partial charge is 0.0931 e. The number of rotatable bonds is 4. The van der Waals surface area contributed by atoms with E-state index in [1.54, 1.807) is 0 Å². The summed E-state index contributed by atoms with van der Waals surface area (Å²) in [6.07, 6.45) is 5.06. The molecule has 4 heteroatoms. The highest BCUT2D eigenvalue weighted by atomic mass is 35.5. The summed E-state index contributed by atoms with van der Waals surface area (Å²) in [6, 6.07) is 8.42. The number of piperazine rings is 1. The third-order valence-corrected chi connectivity index (χ3v) is 5.29. The largest absolute Gasteiger partial charge is 0.387 e. The summed E-state index contributed by atoms with van der Waals surface area (Å²) in [5.74, 6) is 0. The maximum absolute atomic E-state index is 10.4. The molecule has 1 aromatic rings. The van der Waals surface area contributed by atoms with Crippen LogP contribution < -0.4 is 0 Å². The molecule has 1 saturated carbocycles. The van der Waals surface area contributed by atoms with E-state index in [9.17, 15) is 5.11 Å². The summed E-state index contributed by atoms with van der Waals surface area (Å²) in [7, 11) is 0. The van der Waals surface area contributed by atoms with E-state index in [1.165, 1.54) is 25.7 Å². The standard InChI is InChI=1S/C17H25ClN2O/c18-16-8-4-3-7-15(16)17(21)13-19-9-11-20(12-10-19)14-5-1-2-6-14/h3-4,7-8,14,17,21H,1-2,5-6,9-13H2. The topological polar surface area (TPSA) is 26.7 Å². The number of hydrogen-bond donors (Lipinski definition) is 1. The lowest BCUT2D eigenvalue weighted by Gasteiger charge is -2.38. The molecular weight excluding hydrogens is 284 g/mol. The van der Waals surface area contributed by atoms with Gasteiger partial charge in [-0.2, -0.15) is 0 Å². The fraction of sp³-hybridized carbons (Fsp3) is 0.647. The minimum absolute atomic E-state index is 0.489. The number of β-amino-alcohol motifs (C(OH)–C–C–N with tert-alkyl or cyclic N) is 1. The third kappa shape index (κ3) is 3.78. The van der Waals surface area contributed by atoms with Crippen LogP contribution in [0.5, 0.6) is 0 Å². The fourth-order valence-corrected chi connectivity index (χ4v) is 3.93. The van der Waals surface area contributed by atoms with Crippen LogP contribution in [0.15, 0.2) is 24.3 Å². The Kier molecular flexibility index (Phi) is 5.17. The number of aliphatic hydroxyl groups is 1. The zero-order valence-electron chi connectivity index (χ0n) is 12.5. The van der Waals surface area contributed by atoms with Crippen molar-refractivity contribution < 1.29 is 5.11 Å².